The number of ketones is 1. The monoisotopic (exact) mass is 244 g/mol. The Hall–Kier alpha value is -1.31. The molecule has 2 atom stereocenters. The Bertz CT molecular complexity index is 494. The summed E-state index contributed by atoms with van der Waals surface area (Å²) in [4.78, 5) is 12.6. The first-order chi connectivity index (χ1) is 8.63. The molecule has 0 amide bonds. The first kappa shape index (κ1) is 11.8. The predicted molar refractivity (Wildman–Crippen MR) is 71.1 cm³/mol. The fraction of sp³-hybridized carbons (Fsp3) is 0.562. The van der Waals surface area contributed by atoms with E-state index in [1.807, 2.05) is 26.0 Å². The molecule has 0 spiro atoms. The average Bonchev–Trinajstić information content (AvgIpc) is 2.83. The van der Waals surface area contributed by atoms with Crippen molar-refractivity contribution in [3.05, 3.63) is 28.8 Å². The van der Waals surface area contributed by atoms with Gasteiger partial charge in [0.15, 0.2) is 5.78 Å². The van der Waals surface area contributed by atoms with Crippen LogP contribution < -0.4 is 4.74 Å². The topological polar surface area (TPSA) is 26.3 Å². The normalized spacial score (nSPS) is 28.9. The smallest absolute Gasteiger partial charge is 0.166 e. The van der Waals surface area contributed by atoms with Crippen LogP contribution in [0.2, 0.25) is 0 Å². The lowest BCUT2D eigenvalue weighted by atomic mass is 9.95. The second kappa shape index (κ2) is 4.11. The lowest BCUT2D eigenvalue weighted by Crippen LogP contribution is -2.09. The summed E-state index contributed by atoms with van der Waals surface area (Å²) in [6, 6.07) is 3.99. The van der Waals surface area contributed by atoms with Crippen LogP contribution in [0.1, 0.15) is 40.7 Å². The van der Waals surface area contributed by atoms with Crippen molar-refractivity contribution in [1.29, 1.82) is 0 Å². The minimum atomic E-state index is 0.324. The summed E-state index contributed by atoms with van der Waals surface area (Å²) in [5, 5.41) is 0. The lowest BCUT2D eigenvalue weighted by molar-refractivity contribution is 0.0951. The van der Waals surface area contributed by atoms with Gasteiger partial charge in [0.25, 0.3) is 0 Å². The molecule has 0 saturated heterocycles. The van der Waals surface area contributed by atoms with Gasteiger partial charge in [0.2, 0.25) is 0 Å². The molecule has 3 rings (SSSR count). The molecule has 0 radical (unpaired) electrons. The molecule has 0 N–H and O–H groups in total. The summed E-state index contributed by atoms with van der Waals surface area (Å²) in [5.41, 5.74) is 3.01. The number of fused-ring (bicyclic) bond motifs is 1. The van der Waals surface area contributed by atoms with Crippen LogP contribution in [0.3, 0.4) is 0 Å². The number of carbonyl (C=O) groups is 1. The maximum Gasteiger partial charge on any atom is 0.166 e. The summed E-state index contributed by atoms with van der Waals surface area (Å²) >= 11 is 0. The number of hydrogen-bond acceptors (Lipinski definition) is 2. The second-order valence-electron chi connectivity index (χ2n) is 5.79. The highest BCUT2D eigenvalue weighted by atomic mass is 16.5. The molecule has 0 aliphatic heterocycles. The van der Waals surface area contributed by atoms with Crippen LogP contribution in [0, 0.1) is 31.6 Å². The fourth-order valence-corrected chi connectivity index (χ4v) is 3.67. The highest BCUT2D eigenvalue weighted by Crippen LogP contribution is 2.58. The molecule has 0 heterocycles. The molecule has 2 unspecified atom stereocenters. The van der Waals surface area contributed by atoms with Crippen molar-refractivity contribution in [2.24, 2.45) is 17.8 Å². The Morgan fingerprint density at radius 1 is 1.17 bits per heavy atom. The standard InChI is InChI=1S/C16H20O2/c1-9-8-14(18-3)10(2)7-13(9)16(17)15-11-5-4-6-12(11)15/h7-8,11-12,15H,4-6H2,1-3H3. The van der Waals surface area contributed by atoms with Crippen molar-refractivity contribution in [1.82, 2.24) is 0 Å². The van der Waals surface area contributed by atoms with Crippen molar-refractivity contribution in [3.63, 3.8) is 0 Å². The second-order valence-corrected chi connectivity index (χ2v) is 5.79. The van der Waals surface area contributed by atoms with Gasteiger partial charge in [-0.3, -0.25) is 4.79 Å². The number of carbonyl (C=O) groups excluding carboxylic acids is 1. The molecule has 18 heavy (non-hydrogen) atoms. The summed E-state index contributed by atoms with van der Waals surface area (Å²) in [5.74, 6) is 2.96. The molecule has 96 valence electrons. The van der Waals surface area contributed by atoms with E-state index >= 15 is 0 Å². The molecule has 2 aliphatic rings. The Labute approximate surface area is 108 Å². The predicted octanol–water partition coefficient (Wildman–Crippen LogP) is 3.54. The molecule has 2 aliphatic carbocycles. The van der Waals surface area contributed by atoms with Crippen LogP contribution >= 0.6 is 0 Å². The third-order valence-corrected chi connectivity index (χ3v) is 4.72. The SMILES string of the molecule is COc1cc(C)c(C(=O)C2C3CCCC32)cc1C. The van der Waals surface area contributed by atoms with Crippen LogP contribution in [0.5, 0.6) is 5.75 Å². The van der Waals surface area contributed by atoms with Gasteiger partial charge in [0.05, 0.1) is 7.11 Å². The third kappa shape index (κ3) is 1.66. The molecule has 0 aromatic heterocycles. The first-order valence-electron chi connectivity index (χ1n) is 6.83. The zero-order valence-electron chi connectivity index (χ0n) is 11.3. The molecule has 0 bridgehead atoms. The fourth-order valence-electron chi connectivity index (χ4n) is 3.67. The molecule has 1 aromatic rings. The van der Waals surface area contributed by atoms with Crippen molar-refractivity contribution < 1.29 is 9.53 Å². The number of hydrogen-bond donors (Lipinski definition) is 0. The Morgan fingerprint density at radius 3 is 2.44 bits per heavy atom. The van der Waals surface area contributed by atoms with Gasteiger partial charge in [-0.2, -0.15) is 0 Å². The average molecular weight is 244 g/mol. The summed E-state index contributed by atoms with van der Waals surface area (Å²) in [6.45, 7) is 4.01. The number of methoxy groups -OCH3 is 1. The largest absolute Gasteiger partial charge is 0.496 e. The highest BCUT2D eigenvalue weighted by Gasteiger charge is 2.56. The number of ether oxygens (including phenoxy) is 1. The summed E-state index contributed by atoms with van der Waals surface area (Å²) in [7, 11) is 1.68. The van der Waals surface area contributed by atoms with E-state index in [0.29, 0.717) is 23.5 Å². The van der Waals surface area contributed by atoms with Crippen molar-refractivity contribution >= 4 is 5.78 Å². The van der Waals surface area contributed by atoms with E-state index < -0.39 is 0 Å². The molecule has 1 aromatic carbocycles. The van der Waals surface area contributed by atoms with Gasteiger partial charge in [-0.25, -0.2) is 0 Å². The minimum absolute atomic E-state index is 0.324. The minimum Gasteiger partial charge on any atom is -0.496 e. The third-order valence-electron chi connectivity index (χ3n) is 4.72. The molecule has 2 heteroatoms. The number of Topliss-reactive ketones (excluding diaryl/α,β-unsaturated/α-hetero) is 1. The molecule has 2 fully saturated rings. The van der Waals surface area contributed by atoms with Gasteiger partial charge < -0.3 is 4.74 Å². The number of rotatable bonds is 3. The van der Waals surface area contributed by atoms with Crippen molar-refractivity contribution in [2.45, 2.75) is 33.1 Å². The van der Waals surface area contributed by atoms with E-state index in [1.54, 1.807) is 7.11 Å². The zero-order chi connectivity index (χ0) is 12.9. The van der Waals surface area contributed by atoms with E-state index in [-0.39, 0.29) is 0 Å². The van der Waals surface area contributed by atoms with Crippen LogP contribution in [0.4, 0.5) is 0 Å². The quantitative estimate of drug-likeness (QED) is 0.760. The summed E-state index contributed by atoms with van der Waals surface area (Å²) < 4.78 is 5.30. The van der Waals surface area contributed by atoms with Crippen LogP contribution in [-0.2, 0) is 0 Å². The van der Waals surface area contributed by atoms with Gasteiger partial charge in [-0.1, -0.05) is 6.42 Å². The lowest BCUT2D eigenvalue weighted by Gasteiger charge is -2.11. The Balaban J connectivity index is 1.88. The Kier molecular flexibility index (Phi) is 2.69. The Morgan fingerprint density at radius 2 is 1.83 bits per heavy atom. The van der Waals surface area contributed by atoms with Gasteiger partial charge in [-0.05, 0) is 61.8 Å². The van der Waals surface area contributed by atoms with Crippen LogP contribution in [-0.4, -0.2) is 12.9 Å². The zero-order valence-corrected chi connectivity index (χ0v) is 11.3. The first-order valence-corrected chi connectivity index (χ1v) is 6.83. The van der Waals surface area contributed by atoms with Crippen LogP contribution in [0.15, 0.2) is 12.1 Å². The van der Waals surface area contributed by atoms with Gasteiger partial charge in [0, 0.05) is 11.5 Å². The van der Waals surface area contributed by atoms with Gasteiger partial charge in [-0.15, -0.1) is 0 Å². The maximum absolute atomic E-state index is 12.6. The molecule has 2 saturated carbocycles. The van der Waals surface area contributed by atoms with E-state index in [4.69, 9.17) is 4.74 Å². The van der Waals surface area contributed by atoms with Gasteiger partial charge in [0.1, 0.15) is 5.75 Å². The summed E-state index contributed by atoms with van der Waals surface area (Å²) in [6.07, 6.45) is 3.84. The van der Waals surface area contributed by atoms with E-state index in [9.17, 15) is 4.79 Å². The number of benzene rings is 1. The van der Waals surface area contributed by atoms with Gasteiger partial charge >= 0.3 is 0 Å². The van der Waals surface area contributed by atoms with Crippen LogP contribution in [0.25, 0.3) is 0 Å². The van der Waals surface area contributed by atoms with E-state index in [2.05, 4.69) is 0 Å². The number of aryl methyl sites for hydroxylation is 2. The van der Waals surface area contributed by atoms with Crippen molar-refractivity contribution in [3.8, 4) is 5.75 Å². The van der Waals surface area contributed by atoms with E-state index in [1.165, 1.54) is 19.3 Å². The van der Waals surface area contributed by atoms with E-state index in [0.717, 1.165) is 22.4 Å². The highest BCUT2D eigenvalue weighted by molar-refractivity contribution is 6.01. The molecular formula is C16H20O2. The molecular weight excluding hydrogens is 224 g/mol. The molecule has 2 nitrogen and oxygen atoms in total. The van der Waals surface area contributed by atoms with Crippen molar-refractivity contribution in [2.75, 3.05) is 7.11 Å². The maximum atomic E-state index is 12.6.